The standard InChI is InChI=1S/C17H29N3O3/c1-23-11-15(21)19-8-3-14(4-9-19)16(22)20-10-6-17(13-20)5-2-7-18-12-17/h14,18H,2-13H2,1H3. The number of ether oxygens (including phenoxy) is 1. The smallest absolute Gasteiger partial charge is 0.248 e. The predicted molar refractivity (Wildman–Crippen MR) is 86.9 cm³/mol. The Morgan fingerprint density at radius 3 is 2.61 bits per heavy atom. The van der Waals surface area contributed by atoms with Gasteiger partial charge in [-0.05, 0) is 38.6 Å². The summed E-state index contributed by atoms with van der Waals surface area (Å²) in [5.41, 5.74) is 0.322. The predicted octanol–water partition coefficient (Wildman–Crippen LogP) is 0.474. The first kappa shape index (κ1) is 16.7. The van der Waals surface area contributed by atoms with Crippen molar-refractivity contribution in [1.29, 1.82) is 0 Å². The van der Waals surface area contributed by atoms with E-state index < -0.39 is 0 Å². The first-order chi connectivity index (χ1) is 11.1. The molecule has 130 valence electrons. The Balaban J connectivity index is 1.49. The van der Waals surface area contributed by atoms with E-state index in [1.807, 2.05) is 4.90 Å². The molecule has 3 saturated heterocycles. The van der Waals surface area contributed by atoms with Gasteiger partial charge in [0.1, 0.15) is 6.61 Å². The number of carbonyl (C=O) groups excluding carboxylic acids is 2. The van der Waals surface area contributed by atoms with Gasteiger partial charge in [0.05, 0.1) is 0 Å². The quantitative estimate of drug-likeness (QED) is 0.820. The summed E-state index contributed by atoms with van der Waals surface area (Å²) in [5.74, 6) is 0.436. The number of rotatable bonds is 3. The lowest BCUT2D eigenvalue weighted by molar-refractivity contribution is -0.142. The zero-order chi connectivity index (χ0) is 16.3. The van der Waals surface area contributed by atoms with Gasteiger partial charge in [-0.3, -0.25) is 9.59 Å². The molecule has 1 atom stereocenters. The Bertz CT molecular complexity index is 440. The van der Waals surface area contributed by atoms with Crippen molar-refractivity contribution in [3.63, 3.8) is 0 Å². The normalized spacial score (nSPS) is 29.3. The van der Waals surface area contributed by atoms with Gasteiger partial charge in [0.2, 0.25) is 11.8 Å². The van der Waals surface area contributed by atoms with E-state index in [9.17, 15) is 9.59 Å². The van der Waals surface area contributed by atoms with E-state index in [4.69, 9.17) is 4.74 Å². The van der Waals surface area contributed by atoms with Crippen molar-refractivity contribution in [3.8, 4) is 0 Å². The van der Waals surface area contributed by atoms with Gasteiger partial charge in [0.25, 0.3) is 0 Å². The topological polar surface area (TPSA) is 61.9 Å². The number of hydrogen-bond donors (Lipinski definition) is 1. The average molecular weight is 323 g/mol. The molecule has 0 bridgehead atoms. The molecule has 3 aliphatic heterocycles. The Hall–Kier alpha value is -1.14. The maximum Gasteiger partial charge on any atom is 0.248 e. The van der Waals surface area contributed by atoms with Crippen LogP contribution in [0, 0.1) is 11.3 Å². The van der Waals surface area contributed by atoms with E-state index in [0.717, 1.165) is 45.4 Å². The second kappa shape index (κ2) is 7.18. The Kier molecular flexibility index (Phi) is 5.21. The minimum atomic E-state index is 0.0341. The molecule has 6 heteroatoms. The third-order valence-electron chi connectivity index (χ3n) is 5.78. The van der Waals surface area contributed by atoms with Crippen LogP contribution in [0.5, 0.6) is 0 Å². The van der Waals surface area contributed by atoms with Gasteiger partial charge in [0.15, 0.2) is 0 Å². The molecule has 1 N–H and O–H groups in total. The van der Waals surface area contributed by atoms with E-state index in [2.05, 4.69) is 10.2 Å². The second-order valence-corrected chi connectivity index (χ2v) is 7.38. The zero-order valence-corrected chi connectivity index (χ0v) is 14.2. The number of nitrogens with zero attached hydrogens (tertiary/aromatic N) is 2. The minimum Gasteiger partial charge on any atom is -0.375 e. The molecular weight excluding hydrogens is 294 g/mol. The van der Waals surface area contributed by atoms with Crippen LogP contribution in [0.25, 0.3) is 0 Å². The molecule has 3 aliphatic rings. The van der Waals surface area contributed by atoms with Crippen LogP contribution in [-0.2, 0) is 14.3 Å². The van der Waals surface area contributed by atoms with Crippen LogP contribution in [0.3, 0.4) is 0 Å². The first-order valence-electron chi connectivity index (χ1n) is 8.90. The number of amides is 2. The highest BCUT2D eigenvalue weighted by Crippen LogP contribution is 2.37. The van der Waals surface area contributed by atoms with Crippen molar-refractivity contribution in [3.05, 3.63) is 0 Å². The molecule has 0 aliphatic carbocycles. The molecule has 23 heavy (non-hydrogen) atoms. The van der Waals surface area contributed by atoms with Crippen LogP contribution >= 0.6 is 0 Å². The summed E-state index contributed by atoms with van der Waals surface area (Å²) in [6.07, 6.45) is 5.18. The highest BCUT2D eigenvalue weighted by Gasteiger charge is 2.42. The fourth-order valence-corrected chi connectivity index (χ4v) is 4.35. The van der Waals surface area contributed by atoms with Gasteiger partial charge in [-0.2, -0.15) is 0 Å². The van der Waals surface area contributed by atoms with Crippen LogP contribution in [0.15, 0.2) is 0 Å². The molecule has 1 spiro atoms. The van der Waals surface area contributed by atoms with E-state index in [1.165, 1.54) is 20.0 Å². The Morgan fingerprint density at radius 2 is 1.96 bits per heavy atom. The second-order valence-electron chi connectivity index (χ2n) is 7.38. The third kappa shape index (κ3) is 3.69. The van der Waals surface area contributed by atoms with E-state index >= 15 is 0 Å². The van der Waals surface area contributed by atoms with Gasteiger partial charge in [0, 0.05) is 51.2 Å². The molecule has 0 aromatic heterocycles. The van der Waals surface area contributed by atoms with Crippen molar-refractivity contribution in [2.24, 2.45) is 11.3 Å². The fourth-order valence-electron chi connectivity index (χ4n) is 4.35. The summed E-state index contributed by atoms with van der Waals surface area (Å²) in [7, 11) is 1.54. The van der Waals surface area contributed by atoms with E-state index in [-0.39, 0.29) is 18.4 Å². The number of piperidine rings is 2. The first-order valence-corrected chi connectivity index (χ1v) is 8.90. The van der Waals surface area contributed by atoms with E-state index in [1.54, 1.807) is 0 Å². The fraction of sp³-hybridized carbons (Fsp3) is 0.882. The molecule has 2 amide bonds. The summed E-state index contributed by atoms with van der Waals surface area (Å²) in [5, 5.41) is 3.49. The van der Waals surface area contributed by atoms with Crippen molar-refractivity contribution >= 4 is 11.8 Å². The summed E-state index contributed by atoms with van der Waals surface area (Å²) >= 11 is 0. The van der Waals surface area contributed by atoms with Crippen molar-refractivity contribution < 1.29 is 14.3 Å². The SMILES string of the molecule is COCC(=O)N1CCC(C(=O)N2CCC3(CCCNC3)C2)CC1. The largest absolute Gasteiger partial charge is 0.375 e. The highest BCUT2D eigenvalue weighted by molar-refractivity contribution is 5.81. The number of carbonyl (C=O) groups is 2. The monoisotopic (exact) mass is 323 g/mol. The van der Waals surface area contributed by atoms with Gasteiger partial charge in [-0.1, -0.05) is 0 Å². The number of hydrogen-bond acceptors (Lipinski definition) is 4. The van der Waals surface area contributed by atoms with Crippen molar-refractivity contribution in [1.82, 2.24) is 15.1 Å². The molecule has 3 rings (SSSR count). The number of methoxy groups -OCH3 is 1. The lowest BCUT2D eigenvalue weighted by Gasteiger charge is -2.35. The van der Waals surface area contributed by atoms with Crippen LogP contribution in [-0.4, -0.2) is 74.6 Å². The van der Waals surface area contributed by atoms with Crippen molar-refractivity contribution in [2.45, 2.75) is 32.1 Å². The highest BCUT2D eigenvalue weighted by atomic mass is 16.5. The summed E-state index contributed by atoms with van der Waals surface area (Å²) in [4.78, 5) is 28.5. The average Bonchev–Trinajstić information content (AvgIpc) is 2.98. The van der Waals surface area contributed by atoms with E-state index in [0.29, 0.717) is 24.4 Å². The van der Waals surface area contributed by atoms with Gasteiger partial charge in [-0.25, -0.2) is 0 Å². The summed E-state index contributed by atoms with van der Waals surface area (Å²) in [6, 6.07) is 0. The van der Waals surface area contributed by atoms with Gasteiger partial charge < -0.3 is 19.9 Å². The molecule has 1 unspecified atom stereocenters. The molecule has 6 nitrogen and oxygen atoms in total. The molecular formula is C17H29N3O3. The maximum absolute atomic E-state index is 12.8. The molecule has 0 radical (unpaired) electrons. The molecule has 0 aromatic rings. The van der Waals surface area contributed by atoms with Crippen LogP contribution in [0.4, 0.5) is 0 Å². The van der Waals surface area contributed by atoms with Crippen LogP contribution in [0.1, 0.15) is 32.1 Å². The zero-order valence-electron chi connectivity index (χ0n) is 14.2. The summed E-state index contributed by atoms with van der Waals surface area (Å²) < 4.78 is 4.90. The van der Waals surface area contributed by atoms with Crippen molar-refractivity contribution in [2.75, 3.05) is 53.0 Å². The van der Waals surface area contributed by atoms with Crippen LogP contribution < -0.4 is 5.32 Å². The van der Waals surface area contributed by atoms with Gasteiger partial charge in [-0.15, -0.1) is 0 Å². The Labute approximate surface area is 138 Å². The lowest BCUT2D eigenvalue weighted by Crippen LogP contribution is -2.46. The number of likely N-dealkylation sites (tertiary alicyclic amines) is 2. The molecule has 3 heterocycles. The third-order valence-corrected chi connectivity index (χ3v) is 5.78. The molecule has 0 saturated carbocycles. The molecule has 0 aromatic carbocycles. The minimum absolute atomic E-state index is 0.0341. The van der Waals surface area contributed by atoms with Gasteiger partial charge >= 0.3 is 0 Å². The van der Waals surface area contributed by atoms with Crippen LogP contribution in [0.2, 0.25) is 0 Å². The number of nitrogens with one attached hydrogen (secondary N) is 1. The maximum atomic E-state index is 12.8. The summed E-state index contributed by atoms with van der Waals surface area (Å²) in [6.45, 7) is 5.49. The molecule has 3 fully saturated rings. The lowest BCUT2D eigenvalue weighted by atomic mass is 9.80. The Morgan fingerprint density at radius 1 is 1.17 bits per heavy atom.